The first-order valence-electron chi connectivity index (χ1n) is 12.3. The third-order valence-electron chi connectivity index (χ3n) is 6.22. The molecule has 7 nitrogen and oxygen atoms in total. The fourth-order valence-corrected chi connectivity index (χ4v) is 5.15. The number of ether oxygens (including phenoxy) is 2. The Labute approximate surface area is 211 Å². The number of hydrogen-bond donors (Lipinski definition) is 1. The summed E-state index contributed by atoms with van der Waals surface area (Å²) in [5.41, 5.74) is 2.08. The Balaban J connectivity index is 1.52. The lowest BCUT2D eigenvalue weighted by atomic mass is 10.0. The van der Waals surface area contributed by atoms with Gasteiger partial charge in [-0.25, -0.2) is 0 Å². The van der Waals surface area contributed by atoms with Crippen LogP contribution in [0.15, 0.2) is 59.8 Å². The number of nitrogens with zero attached hydrogens (tertiary/aromatic N) is 3. The number of carbonyl (C=O) groups is 1. The molecule has 1 aliphatic rings. The van der Waals surface area contributed by atoms with Gasteiger partial charge in [-0.3, -0.25) is 9.36 Å². The van der Waals surface area contributed by atoms with Crippen LogP contribution in [0.2, 0.25) is 0 Å². The predicted octanol–water partition coefficient (Wildman–Crippen LogP) is 5.27. The van der Waals surface area contributed by atoms with Crippen LogP contribution in [0, 0.1) is 0 Å². The topological polar surface area (TPSA) is 78.3 Å². The molecule has 1 fully saturated rings. The minimum atomic E-state index is -0.325. The summed E-state index contributed by atoms with van der Waals surface area (Å²) in [6.45, 7) is 5.50. The van der Waals surface area contributed by atoms with Crippen molar-refractivity contribution in [3.05, 3.63) is 60.2 Å². The van der Waals surface area contributed by atoms with Crippen molar-refractivity contribution in [3.63, 3.8) is 0 Å². The number of hydrogen-bond acceptors (Lipinski definition) is 6. The van der Waals surface area contributed by atoms with E-state index in [-0.39, 0.29) is 23.3 Å². The lowest BCUT2D eigenvalue weighted by molar-refractivity contribution is -0.121. The molecule has 35 heavy (non-hydrogen) atoms. The summed E-state index contributed by atoms with van der Waals surface area (Å²) >= 11 is 1.44. The Bertz CT molecular complexity index is 1080. The minimum Gasteiger partial charge on any atom is -0.497 e. The van der Waals surface area contributed by atoms with Gasteiger partial charge in [0.2, 0.25) is 5.91 Å². The summed E-state index contributed by atoms with van der Waals surface area (Å²) in [4.78, 5) is 13.2. The first-order chi connectivity index (χ1) is 17.1. The van der Waals surface area contributed by atoms with Gasteiger partial charge in [0.05, 0.1) is 31.1 Å². The first kappa shape index (κ1) is 25.3. The third-order valence-corrected chi connectivity index (χ3v) is 7.30. The maximum absolute atomic E-state index is 13.2. The van der Waals surface area contributed by atoms with Crippen LogP contribution in [-0.2, 0) is 16.1 Å². The molecule has 0 saturated carbocycles. The van der Waals surface area contributed by atoms with E-state index in [0.717, 1.165) is 60.1 Å². The molecule has 1 saturated heterocycles. The van der Waals surface area contributed by atoms with E-state index in [0.29, 0.717) is 6.54 Å². The number of carbonyl (C=O) groups excluding carboxylic acids is 1. The van der Waals surface area contributed by atoms with Crippen LogP contribution in [0.5, 0.6) is 5.75 Å². The number of methoxy groups -OCH3 is 1. The fraction of sp³-hybridized carbons (Fsp3) is 0.444. The zero-order chi connectivity index (χ0) is 24.6. The van der Waals surface area contributed by atoms with Crippen LogP contribution in [0.3, 0.4) is 0 Å². The van der Waals surface area contributed by atoms with E-state index in [2.05, 4.69) is 39.1 Å². The number of rotatable bonds is 11. The van der Waals surface area contributed by atoms with Gasteiger partial charge in [0, 0.05) is 12.2 Å². The molecule has 3 unspecified atom stereocenters. The molecule has 186 valence electrons. The molecule has 1 aliphatic heterocycles. The molecule has 3 aromatic rings. The highest BCUT2D eigenvalue weighted by Gasteiger charge is 2.26. The maximum Gasteiger partial charge on any atom is 0.233 e. The van der Waals surface area contributed by atoms with Crippen molar-refractivity contribution in [1.29, 1.82) is 0 Å². The van der Waals surface area contributed by atoms with Crippen molar-refractivity contribution in [1.82, 2.24) is 20.1 Å². The van der Waals surface area contributed by atoms with Gasteiger partial charge in [-0.15, -0.1) is 10.2 Å². The second-order valence-corrected chi connectivity index (χ2v) is 10.1. The highest BCUT2D eigenvalue weighted by atomic mass is 32.2. The standard InChI is InChI=1S/C27H34N4O3S/c1-4-9-24(20-10-6-5-7-11-20)28-26(32)19(2)35-27-30-29-25(21-13-15-22(33-3)16-14-21)31(27)18-23-12-8-17-34-23/h5-7,10-11,13-16,19,23-24H,4,8-9,12,17-18H2,1-3H3,(H,28,32). The summed E-state index contributed by atoms with van der Waals surface area (Å²) in [5.74, 6) is 1.56. The molecule has 0 aliphatic carbocycles. The van der Waals surface area contributed by atoms with Crippen LogP contribution >= 0.6 is 11.8 Å². The highest BCUT2D eigenvalue weighted by Crippen LogP contribution is 2.30. The van der Waals surface area contributed by atoms with Crippen LogP contribution in [0.1, 0.15) is 51.1 Å². The summed E-state index contributed by atoms with van der Waals surface area (Å²) in [5, 5.41) is 12.6. The molecule has 0 spiro atoms. The lowest BCUT2D eigenvalue weighted by Crippen LogP contribution is -2.34. The number of nitrogens with one attached hydrogen (secondary N) is 1. The van der Waals surface area contributed by atoms with Crippen molar-refractivity contribution in [2.45, 2.75) is 68.6 Å². The molecule has 2 heterocycles. The summed E-state index contributed by atoms with van der Waals surface area (Å²) in [7, 11) is 1.65. The van der Waals surface area contributed by atoms with Crippen molar-refractivity contribution < 1.29 is 14.3 Å². The molecule has 4 rings (SSSR count). The summed E-state index contributed by atoms with van der Waals surface area (Å²) < 4.78 is 13.3. The largest absolute Gasteiger partial charge is 0.497 e. The molecule has 0 radical (unpaired) electrons. The van der Waals surface area contributed by atoms with Gasteiger partial charge in [0.15, 0.2) is 11.0 Å². The number of aromatic nitrogens is 3. The average Bonchev–Trinajstić information content (AvgIpc) is 3.55. The smallest absolute Gasteiger partial charge is 0.233 e. The average molecular weight is 495 g/mol. The molecule has 1 amide bonds. The summed E-state index contributed by atoms with van der Waals surface area (Å²) in [6.07, 6.45) is 4.07. The molecule has 2 aromatic carbocycles. The fourth-order valence-electron chi connectivity index (χ4n) is 4.28. The Hall–Kier alpha value is -2.84. The molecular weight excluding hydrogens is 460 g/mol. The van der Waals surface area contributed by atoms with Gasteiger partial charge < -0.3 is 14.8 Å². The quantitative estimate of drug-likeness (QED) is 0.366. The van der Waals surface area contributed by atoms with E-state index < -0.39 is 0 Å². The lowest BCUT2D eigenvalue weighted by Gasteiger charge is -2.21. The van der Waals surface area contributed by atoms with Crippen molar-refractivity contribution in [2.75, 3.05) is 13.7 Å². The van der Waals surface area contributed by atoms with Crippen LogP contribution in [-0.4, -0.2) is 45.7 Å². The molecule has 0 bridgehead atoms. The van der Waals surface area contributed by atoms with Gasteiger partial charge in [0.25, 0.3) is 0 Å². The third kappa shape index (κ3) is 6.44. The second kappa shape index (κ2) is 12.2. The molecule has 1 N–H and O–H groups in total. The maximum atomic E-state index is 13.2. The van der Waals surface area contributed by atoms with Crippen molar-refractivity contribution >= 4 is 17.7 Å². The van der Waals surface area contributed by atoms with Crippen LogP contribution < -0.4 is 10.1 Å². The van der Waals surface area contributed by atoms with E-state index in [4.69, 9.17) is 9.47 Å². The Morgan fingerprint density at radius 1 is 1.20 bits per heavy atom. The number of amides is 1. The Morgan fingerprint density at radius 2 is 1.97 bits per heavy atom. The predicted molar refractivity (Wildman–Crippen MR) is 139 cm³/mol. The van der Waals surface area contributed by atoms with Gasteiger partial charge in [-0.05, 0) is 56.0 Å². The summed E-state index contributed by atoms with van der Waals surface area (Å²) in [6, 6.07) is 17.9. The Morgan fingerprint density at radius 3 is 2.63 bits per heavy atom. The zero-order valence-electron chi connectivity index (χ0n) is 20.6. The SMILES string of the molecule is CCCC(NC(=O)C(C)Sc1nnc(-c2ccc(OC)cc2)n1CC1CCCO1)c1ccccc1. The number of thioether (sulfide) groups is 1. The Kier molecular flexibility index (Phi) is 8.82. The van der Waals surface area contributed by atoms with Gasteiger partial charge in [-0.2, -0.15) is 0 Å². The van der Waals surface area contributed by atoms with E-state index in [9.17, 15) is 4.79 Å². The number of benzene rings is 2. The molecule has 3 atom stereocenters. The minimum absolute atomic E-state index is 0.00336. The van der Waals surface area contributed by atoms with Gasteiger partial charge >= 0.3 is 0 Å². The van der Waals surface area contributed by atoms with E-state index in [1.54, 1.807) is 7.11 Å². The van der Waals surface area contributed by atoms with Crippen LogP contribution in [0.4, 0.5) is 0 Å². The van der Waals surface area contributed by atoms with Gasteiger partial charge in [0.1, 0.15) is 5.75 Å². The zero-order valence-corrected chi connectivity index (χ0v) is 21.5. The van der Waals surface area contributed by atoms with E-state index in [1.807, 2.05) is 49.4 Å². The van der Waals surface area contributed by atoms with Crippen LogP contribution in [0.25, 0.3) is 11.4 Å². The van der Waals surface area contributed by atoms with Crippen molar-refractivity contribution in [3.8, 4) is 17.1 Å². The molecular formula is C27H34N4O3S. The molecule has 1 aromatic heterocycles. The monoisotopic (exact) mass is 494 g/mol. The second-order valence-electron chi connectivity index (χ2n) is 8.80. The normalized spacial score (nSPS) is 17.2. The van der Waals surface area contributed by atoms with E-state index in [1.165, 1.54) is 11.8 Å². The van der Waals surface area contributed by atoms with E-state index >= 15 is 0 Å². The molecule has 8 heteroatoms. The first-order valence-corrected chi connectivity index (χ1v) is 13.2. The highest BCUT2D eigenvalue weighted by molar-refractivity contribution is 8.00. The van der Waals surface area contributed by atoms with Gasteiger partial charge in [-0.1, -0.05) is 55.4 Å². The van der Waals surface area contributed by atoms with Crippen molar-refractivity contribution in [2.24, 2.45) is 0 Å².